The van der Waals surface area contributed by atoms with Crippen LogP contribution in [0.25, 0.3) is 11.1 Å². The lowest BCUT2D eigenvalue weighted by Crippen LogP contribution is -1.98. The molecule has 1 aliphatic rings. The summed E-state index contributed by atoms with van der Waals surface area (Å²) in [6.07, 6.45) is 2.42. The average molecular weight is 343 g/mol. The molecule has 0 aliphatic heterocycles. The molecular formula is C17H15BrN2O. The van der Waals surface area contributed by atoms with Crippen molar-refractivity contribution in [2.45, 2.75) is 25.3 Å². The number of nitrogens with zero attached hydrogens (tertiary/aromatic N) is 1. The standard InChI is InChI=1S/C17H15BrN2O/c18-13-3-1-2-11(8-13)10-19-14-6-7-16-15(9-14)20-17(21-16)12-4-5-12/h1-3,6-9,12,19H,4-5,10H2. The Morgan fingerprint density at radius 2 is 2.10 bits per heavy atom. The number of aromatic nitrogens is 1. The molecule has 4 rings (SSSR count). The molecule has 1 aromatic heterocycles. The monoisotopic (exact) mass is 342 g/mol. The van der Waals surface area contributed by atoms with Crippen LogP contribution < -0.4 is 5.32 Å². The van der Waals surface area contributed by atoms with Gasteiger partial charge in [-0.25, -0.2) is 4.98 Å². The molecule has 106 valence electrons. The Bertz CT molecular complexity index is 792. The summed E-state index contributed by atoms with van der Waals surface area (Å²) in [6, 6.07) is 14.4. The normalized spacial score (nSPS) is 14.5. The Kier molecular flexibility index (Phi) is 3.19. The molecule has 2 aromatic carbocycles. The Labute approximate surface area is 131 Å². The van der Waals surface area contributed by atoms with Gasteiger partial charge in [-0.05, 0) is 48.7 Å². The fourth-order valence-corrected chi connectivity index (χ4v) is 2.86. The number of hydrogen-bond donors (Lipinski definition) is 1. The summed E-state index contributed by atoms with van der Waals surface area (Å²) in [5.74, 6) is 1.45. The van der Waals surface area contributed by atoms with Crippen molar-refractivity contribution in [3.63, 3.8) is 0 Å². The molecule has 0 saturated heterocycles. The van der Waals surface area contributed by atoms with E-state index in [1.807, 2.05) is 24.3 Å². The van der Waals surface area contributed by atoms with Gasteiger partial charge in [-0.2, -0.15) is 0 Å². The fourth-order valence-electron chi connectivity index (χ4n) is 2.41. The minimum absolute atomic E-state index is 0.551. The molecule has 0 unspecified atom stereocenters. The van der Waals surface area contributed by atoms with E-state index in [0.717, 1.165) is 33.7 Å². The Hall–Kier alpha value is -1.81. The van der Waals surface area contributed by atoms with Gasteiger partial charge in [-0.1, -0.05) is 28.1 Å². The zero-order valence-electron chi connectivity index (χ0n) is 11.5. The molecule has 0 amide bonds. The van der Waals surface area contributed by atoms with E-state index in [9.17, 15) is 0 Å². The predicted molar refractivity (Wildman–Crippen MR) is 87.5 cm³/mol. The van der Waals surface area contributed by atoms with E-state index in [1.165, 1.54) is 18.4 Å². The van der Waals surface area contributed by atoms with Gasteiger partial charge < -0.3 is 9.73 Å². The minimum atomic E-state index is 0.551. The van der Waals surface area contributed by atoms with Crippen LogP contribution >= 0.6 is 15.9 Å². The van der Waals surface area contributed by atoms with Crippen molar-refractivity contribution in [1.29, 1.82) is 0 Å². The van der Waals surface area contributed by atoms with Gasteiger partial charge in [0, 0.05) is 22.6 Å². The number of hydrogen-bond acceptors (Lipinski definition) is 3. The minimum Gasteiger partial charge on any atom is -0.440 e. The number of anilines is 1. The van der Waals surface area contributed by atoms with Gasteiger partial charge in [-0.15, -0.1) is 0 Å². The van der Waals surface area contributed by atoms with E-state index < -0.39 is 0 Å². The van der Waals surface area contributed by atoms with Gasteiger partial charge in [0.25, 0.3) is 0 Å². The average Bonchev–Trinajstić information content (AvgIpc) is 3.25. The number of nitrogens with one attached hydrogen (secondary N) is 1. The van der Waals surface area contributed by atoms with Crippen LogP contribution in [0.15, 0.2) is 51.4 Å². The highest BCUT2D eigenvalue weighted by atomic mass is 79.9. The first-order valence-corrected chi connectivity index (χ1v) is 7.96. The van der Waals surface area contributed by atoms with Crippen molar-refractivity contribution < 1.29 is 4.42 Å². The van der Waals surface area contributed by atoms with E-state index >= 15 is 0 Å². The fraction of sp³-hybridized carbons (Fsp3) is 0.235. The van der Waals surface area contributed by atoms with Crippen molar-refractivity contribution in [1.82, 2.24) is 4.98 Å². The van der Waals surface area contributed by atoms with E-state index in [4.69, 9.17) is 4.42 Å². The van der Waals surface area contributed by atoms with Crippen LogP contribution in [0.2, 0.25) is 0 Å². The highest BCUT2D eigenvalue weighted by Crippen LogP contribution is 2.40. The van der Waals surface area contributed by atoms with Crippen LogP contribution in [0, 0.1) is 0 Å². The molecule has 1 heterocycles. The highest BCUT2D eigenvalue weighted by molar-refractivity contribution is 9.10. The number of fused-ring (bicyclic) bond motifs is 1. The molecule has 1 N–H and O–H groups in total. The molecule has 0 spiro atoms. The van der Waals surface area contributed by atoms with Crippen LogP contribution in [-0.4, -0.2) is 4.98 Å². The second-order valence-electron chi connectivity index (χ2n) is 5.49. The van der Waals surface area contributed by atoms with Gasteiger partial charge >= 0.3 is 0 Å². The summed E-state index contributed by atoms with van der Waals surface area (Å²) in [5, 5.41) is 3.43. The van der Waals surface area contributed by atoms with E-state index in [0.29, 0.717) is 5.92 Å². The Balaban J connectivity index is 1.53. The summed E-state index contributed by atoms with van der Waals surface area (Å²) < 4.78 is 6.88. The summed E-state index contributed by atoms with van der Waals surface area (Å²) >= 11 is 3.49. The van der Waals surface area contributed by atoms with Gasteiger partial charge in [-0.3, -0.25) is 0 Å². The second-order valence-corrected chi connectivity index (χ2v) is 6.41. The zero-order valence-corrected chi connectivity index (χ0v) is 13.1. The summed E-state index contributed by atoms with van der Waals surface area (Å²) in [6.45, 7) is 0.790. The first-order valence-electron chi connectivity index (χ1n) is 7.17. The number of halogens is 1. The van der Waals surface area contributed by atoms with Crippen LogP contribution in [0.1, 0.15) is 30.2 Å². The number of rotatable bonds is 4. The molecular weight excluding hydrogens is 328 g/mol. The van der Waals surface area contributed by atoms with Gasteiger partial charge in [0.05, 0.1) is 0 Å². The Morgan fingerprint density at radius 3 is 2.90 bits per heavy atom. The Morgan fingerprint density at radius 1 is 1.19 bits per heavy atom. The molecule has 1 fully saturated rings. The maximum absolute atomic E-state index is 5.78. The second kappa shape index (κ2) is 5.19. The molecule has 0 atom stereocenters. The van der Waals surface area contributed by atoms with E-state index in [-0.39, 0.29) is 0 Å². The molecule has 0 radical (unpaired) electrons. The third-order valence-corrected chi connectivity index (χ3v) is 4.21. The first kappa shape index (κ1) is 12.9. The van der Waals surface area contributed by atoms with Gasteiger partial charge in [0.2, 0.25) is 0 Å². The van der Waals surface area contributed by atoms with Gasteiger partial charge in [0.15, 0.2) is 11.5 Å². The van der Waals surface area contributed by atoms with Crippen LogP contribution in [0.5, 0.6) is 0 Å². The summed E-state index contributed by atoms with van der Waals surface area (Å²) in [5.41, 5.74) is 4.13. The van der Waals surface area contributed by atoms with Crippen molar-refractivity contribution in [2.75, 3.05) is 5.32 Å². The number of benzene rings is 2. The summed E-state index contributed by atoms with van der Waals surface area (Å²) in [7, 11) is 0. The lowest BCUT2D eigenvalue weighted by atomic mass is 10.2. The van der Waals surface area contributed by atoms with Crippen molar-refractivity contribution in [2.24, 2.45) is 0 Å². The third kappa shape index (κ3) is 2.81. The smallest absolute Gasteiger partial charge is 0.198 e. The lowest BCUT2D eigenvalue weighted by Gasteiger charge is -2.06. The van der Waals surface area contributed by atoms with Crippen molar-refractivity contribution in [3.05, 3.63) is 58.4 Å². The van der Waals surface area contributed by atoms with Crippen molar-refractivity contribution in [3.8, 4) is 0 Å². The quantitative estimate of drug-likeness (QED) is 0.718. The molecule has 0 bridgehead atoms. The third-order valence-electron chi connectivity index (χ3n) is 3.72. The molecule has 3 aromatic rings. The van der Waals surface area contributed by atoms with E-state index in [1.54, 1.807) is 0 Å². The van der Waals surface area contributed by atoms with Crippen LogP contribution in [0.3, 0.4) is 0 Å². The van der Waals surface area contributed by atoms with Crippen LogP contribution in [-0.2, 0) is 6.54 Å². The first-order chi connectivity index (χ1) is 10.3. The highest BCUT2D eigenvalue weighted by Gasteiger charge is 2.28. The zero-order chi connectivity index (χ0) is 14.2. The van der Waals surface area contributed by atoms with Crippen molar-refractivity contribution >= 4 is 32.7 Å². The SMILES string of the molecule is Brc1cccc(CNc2ccc3oc(C4CC4)nc3c2)c1. The largest absolute Gasteiger partial charge is 0.440 e. The molecule has 4 heteroatoms. The van der Waals surface area contributed by atoms with Crippen LogP contribution in [0.4, 0.5) is 5.69 Å². The number of oxazole rings is 1. The van der Waals surface area contributed by atoms with E-state index in [2.05, 4.69) is 44.4 Å². The molecule has 3 nitrogen and oxygen atoms in total. The molecule has 1 saturated carbocycles. The lowest BCUT2D eigenvalue weighted by molar-refractivity contribution is 0.533. The maximum Gasteiger partial charge on any atom is 0.198 e. The summed E-state index contributed by atoms with van der Waals surface area (Å²) in [4.78, 5) is 4.59. The molecule has 1 aliphatic carbocycles. The van der Waals surface area contributed by atoms with Gasteiger partial charge in [0.1, 0.15) is 5.52 Å². The molecule has 21 heavy (non-hydrogen) atoms. The topological polar surface area (TPSA) is 38.1 Å². The maximum atomic E-state index is 5.78. The predicted octanol–water partition coefficient (Wildman–Crippen LogP) is 5.08.